The van der Waals surface area contributed by atoms with Gasteiger partial charge in [0.15, 0.2) is 0 Å². The Labute approximate surface area is 134 Å². The van der Waals surface area contributed by atoms with Crippen LogP contribution >= 0.6 is 27.7 Å². The van der Waals surface area contributed by atoms with Gasteiger partial charge >= 0.3 is 5.97 Å². The molecule has 0 radical (unpaired) electrons. The summed E-state index contributed by atoms with van der Waals surface area (Å²) < 4.78 is 0.855. The number of rotatable bonds is 3. The molecule has 3 nitrogen and oxygen atoms in total. The van der Waals surface area contributed by atoms with Crippen LogP contribution in [-0.2, 0) is 0 Å². The summed E-state index contributed by atoms with van der Waals surface area (Å²) in [5, 5.41) is 10.3. The summed E-state index contributed by atoms with van der Waals surface area (Å²) in [6, 6.07) is 14.9. The second-order valence-electron chi connectivity index (χ2n) is 4.37. The lowest BCUT2D eigenvalue weighted by Gasteiger charge is -2.08. The number of aromatic nitrogens is 1. The van der Waals surface area contributed by atoms with Crippen LogP contribution in [0, 0.1) is 0 Å². The molecule has 0 atom stereocenters. The third kappa shape index (κ3) is 2.94. The maximum atomic E-state index is 11.3. The second kappa shape index (κ2) is 5.87. The molecule has 5 heteroatoms. The van der Waals surface area contributed by atoms with Gasteiger partial charge in [0, 0.05) is 25.8 Å². The fourth-order valence-corrected chi connectivity index (χ4v) is 3.65. The smallest absolute Gasteiger partial charge is 0.336 e. The zero-order valence-electron chi connectivity index (χ0n) is 10.8. The minimum Gasteiger partial charge on any atom is -0.478 e. The monoisotopic (exact) mass is 359 g/mol. The van der Waals surface area contributed by atoms with Crippen LogP contribution < -0.4 is 0 Å². The third-order valence-electron chi connectivity index (χ3n) is 3.00. The van der Waals surface area contributed by atoms with Gasteiger partial charge in [-0.1, -0.05) is 45.9 Å². The van der Waals surface area contributed by atoms with E-state index in [-0.39, 0.29) is 0 Å². The molecular formula is C16H10BrNO2S. The molecule has 2 aromatic carbocycles. The maximum Gasteiger partial charge on any atom is 0.336 e. The summed E-state index contributed by atoms with van der Waals surface area (Å²) in [6.07, 6.45) is 1.74. The number of carboxylic acid groups (broad SMARTS) is 1. The largest absolute Gasteiger partial charge is 0.478 e. The molecule has 104 valence electrons. The Hall–Kier alpha value is -1.85. The normalized spacial score (nSPS) is 10.7. The number of halogens is 1. The van der Waals surface area contributed by atoms with Gasteiger partial charge in [-0.15, -0.1) is 0 Å². The van der Waals surface area contributed by atoms with E-state index in [1.165, 1.54) is 11.8 Å². The van der Waals surface area contributed by atoms with Gasteiger partial charge in [0.2, 0.25) is 0 Å². The highest BCUT2D eigenvalue weighted by molar-refractivity contribution is 9.10. The molecule has 21 heavy (non-hydrogen) atoms. The molecule has 0 saturated carbocycles. The molecule has 0 amide bonds. The van der Waals surface area contributed by atoms with Gasteiger partial charge < -0.3 is 5.11 Å². The van der Waals surface area contributed by atoms with Gasteiger partial charge in [0.25, 0.3) is 0 Å². The Morgan fingerprint density at radius 1 is 1.10 bits per heavy atom. The Morgan fingerprint density at radius 3 is 2.71 bits per heavy atom. The molecule has 0 saturated heterocycles. The fourth-order valence-electron chi connectivity index (χ4n) is 2.03. The number of carboxylic acids is 1. The van der Waals surface area contributed by atoms with E-state index in [0.29, 0.717) is 10.5 Å². The molecule has 0 aliphatic heterocycles. The zero-order chi connectivity index (χ0) is 14.8. The van der Waals surface area contributed by atoms with Crippen LogP contribution in [0.5, 0.6) is 0 Å². The number of aromatic carboxylic acids is 1. The van der Waals surface area contributed by atoms with Gasteiger partial charge in [-0.05, 0) is 30.3 Å². The van der Waals surface area contributed by atoms with Crippen LogP contribution in [0.2, 0.25) is 0 Å². The van der Waals surface area contributed by atoms with Gasteiger partial charge in [0.1, 0.15) is 0 Å². The summed E-state index contributed by atoms with van der Waals surface area (Å²) in [6.45, 7) is 0. The van der Waals surface area contributed by atoms with Crippen molar-refractivity contribution in [3.8, 4) is 0 Å². The molecule has 1 aromatic heterocycles. The highest BCUT2D eigenvalue weighted by atomic mass is 79.9. The topological polar surface area (TPSA) is 50.2 Å². The van der Waals surface area contributed by atoms with Crippen LogP contribution in [-0.4, -0.2) is 16.1 Å². The quantitative estimate of drug-likeness (QED) is 0.726. The predicted octanol–water partition coefficient (Wildman–Crippen LogP) is 4.85. The SMILES string of the molecule is O=C(O)c1ccc(Br)cc1Sc1ccnc2ccccc12. The van der Waals surface area contributed by atoms with Gasteiger partial charge in [-0.2, -0.15) is 0 Å². The van der Waals surface area contributed by atoms with Crippen LogP contribution in [0.3, 0.4) is 0 Å². The highest BCUT2D eigenvalue weighted by Gasteiger charge is 2.13. The van der Waals surface area contributed by atoms with E-state index in [2.05, 4.69) is 20.9 Å². The molecule has 3 rings (SSSR count). The summed E-state index contributed by atoms with van der Waals surface area (Å²) in [7, 11) is 0. The molecular weight excluding hydrogens is 350 g/mol. The van der Waals surface area contributed by atoms with Crippen LogP contribution in [0.15, 0.2) is 69.0 Å². The number of carbonyl (C=O) groups is 1. The summed E-state index contributed by atoms with van der Waals surface area (Å²) in [5.41, 5.74) is 1.19. The molecule has 0 aliphatic carbocycles. The fraction of sp³-hybridized carbons (Fsp3) is 0. The molecule has 0 spiro atoms. The second-order valence-corrected chi connectivity index (χ2v) is 6.37. The third-order valence-corrected chi connectivity index (χ3v) is 4.63. The van der Waals surface area contributed by atoms with Crippen molar-refractivity contribution in [2.24, 2.45) is 0 Å². The van der Waals surface area contributed by atoms with Gasteiger partial charge in [0.05, 0.1) is 11.1 Å². The number of nitrogens with zero attached hydrogens (tertiary/aromatic N) is 1. The molecule has 0 unspecified atom stereocenters. The first-order chi connectivity index (χ1) is 10.1. The average Bonchev–Trinajstić information content (AvgIpc) is 2.47. The maximum absolute atomic E-state index is 11.3. The van der Waals surface area contributed by atoms with E-state index >= 15 is 0 Å². The van der Waals surface area contributed by atoms with E-state index < -0.39 is 5.97 Å². The molecule has 0 bridgehead atoms. The van der Waals surface area contributed by atoms with E-state index in [4.69, 9.17) is 0 Å². The van der Waals surface area contributed by atoms with E-state index in [1.54, 1.807) is 18.3 Å². The van der Waals surface area contributed by atoms with Crippen molar-refractivity contribution >= 4 is 44.6 Å². The molecule has 0 aliphatic rings. The lowest BCUT2D eigenvalue weighted by atomic mass is 10.2. The summed E-state index contributed by atoms with van der Waals surface area (Å²) in [5.74, 6) is -0.927. The Bertz CT molecular complexity index is 830. The van der Waals surface area contributed by atoms with Crippen molar-refractivity contribution in [1.29, 1.82) is 0 Å². The molecule has 0 fully saturated rings. The molecule has 1 heterocycles. The number of hydrogen-bond donors (Lipinski definition) is 1. The first-order valence-electron chi connectivity index (χ1n) is 6.19. The summed E-state index contributed by atoms with van der Waals surface area (Å²) in [4.78, 5) is 17.4. The standard InChI is InChI=1S/C16H10BrNO2S/c17-10-5-6-12(16(19)20)15(9-10)21-14-7-8-18-13-4-2-1-3-11(13)14/h1-9H,(H,19,20). The number of benzene rings is 2. The zero-order valence-corrected chi connectivity index (χ0v) is 13.2. The van der Waals surface area contributed by atoms with Crippen LogP contribution in [0.25, 0.3) is 10.9 Å². The van der Waals surface area contributed by atoms with Gasteiger partial charge in [-0.25, -0.2) is 4.79 Å². The molecule has 3 aromatic rings. The van der Waals surface area contributed by atoms with Crippen molar-refractivity contribution in [3.05, 3.63) is 64.8 Å². The lowest BCUT2D eigenvalue weighted by Crippen LogP contribution is -1.98. The predicted molar refractivity (Wildman–Crippen MR) is 87.0 cm³/mol. The Morgan fingerprint density at radius 2 is 1.90 bits per heavy atom. The van der Waals surface area contributed by atoms with Crippen LogP contribution in [0.4, 0.5) is 0 Å². The Balaban J connectivity index is 2.11. The number of hydrogen-bond acceptors (Lipinski definition) is 3. The van der Waals surface area contributed by atoms with E-state index in [1.807, 2.05) is 36.4 Å². The lowest BCUT2D eigenvalue weighted by molar-refractivity contribution is 0.0693. The van der Waals surface area contributed by atoms with Crippen molar-refractivity contribution in [2.75, 3.05) is 0 Å². The van der Waals surface area contributed by atoms with Crippen molar-refractivity contribution in [1.82, 2.24) is 4.98 Å². The van der Waals surface area contributed by atoms with Crippen molar-refractivity contribution < 1.29 is 9.90 Å². The van der Waals surface area contributed by atoms with Gasteiger partial charge in [-0.3, -0.25) is 4.98 Å². The minimum absolute atomic E-state index is 0.295. The van der Waals surface area contributed by atoms with Crippen molar-refractivity contribution in [3.63, 3.8) is 0 Å². The van der Waals surface area contributed by atoms with Crippen molar-refractivity contribution in [2.45, 2.75) is 9.79 Å². The van der Waals surface area contributed by atoms with Crippen LogP contribution in [0.1, 0.15) is 10.4 Å². The first-order valence-corrected chi connectivity index (χ1v) is 7.80. The van der Waals surface area contributed by atoms with E-state index in [0.717, 1.165) is 20.3 Å². The molecule has 1 N–H and O–H groups in total. The number of fused-ring (bicyclic) bond motifs is 1. The van der Waals surface area contributed by atoms with E-state index in [9.17, 15) is 9.90 Å². The first kappa shape index (κ1) is 14.1. The average molecular weight is 360 g/mol. The number of para-hydroxylation sites is 1. The number of pyridine rings is 1. The highest BCUT2D eigenvalue weighted by Crippen LogP contribution is 2.36. The Kier molecular flexibility index (Phi) is 3.94. The minimum atomic E-state index is -0.927. The summed E-state index contributed by atoms with van der Waals surface area (Å²) >= 11 is 4.83.